The summed E-state index contributed by atoms with van der Waals surface area (Å²) in [6.45, 7) is 1.99. The largest absolute Gasteiger partial charge is 0.495 e. The normalized spacial score (nSPS) is 11.0. The van der Waals surface area contributed by atoms with E-state index >= 15 is 0 Å². The van der Waals surface area contributed by atoms with Gasteiger partial charge in [-0.1, -0.05) is 36.4 Å². The summed E-state index contributed by atoms with van der Waals surface area (Å²) in [7, 11) is 4.47. The van der Waals surface area contributed by atoms with Gasteiger partial charge in [-0.3, -0.25) is 29.3 Å². The summed E-state index contributed by atoms with van der Waals surface area (Å²) in [6.07, 6.45) is 7.76. The van der Waals surface area contributed by atoms with Gasteiger partial charge in [-0.15, -0.1) is 0 Å². The highest BCUT2D eigenvalue weighted by Gasteiger charge is 2.20. The molecule has 0 radical (unpaired) electrons. The summed E-state index contributed by atoms with van der Waals surface area (Å²) in [5.41, 5.74) is 4.11. The van der Waals surface area contributed by atoms with Gasteiger partial charge in [-0.05, 0) is 71.1 Å². The van der Waals surface area contributed by atoms with Crippen molar-refractivity contribution in [2.75, 3.05) is 33.2 Å². The topological polar surface area (TPSA) is 150 Å². The van der Waals surface area contributed by atoms with E-state index in [1.165, 1.54) is 25.3 Å². The summed E-state index contributed by atoms with van der Waals surface area (Å²) in [5.74, 6) is -0.552. The molecule has 1 N–H and O–H groups in total. The molecule has 0 spiro atoms. The molecule has 3 aromatic heterocycles. The molecule has 54 heavy (non-hydrogen) atoms. The number of methoxy groups -OCH3 is 3. The maximum atomic E-state index is 13.7. The lowest BCUT2D eigenvalue weighted by Gasteiger charge is -2.23. The molecule has 0 bridgehead atoms. The third kappa shape index (κ3) is 9.22. The highest BCUT2D eigenvalue weighted by Crippen LogP contribution is 2.23. The minimum Gasteiger partial charge on any atom is -0.495 e. The Balaban J connectivity index is 1.16. The number of hydrogen-bond acceptors (Lipinski definition) is 11. The lowest BCUT2D eigenvalue weighted by Crippen LogP contribution is -2.25. The average molecular weight is 727 g/mol. The molecule has 6 aromatic rings. The number of para-hydroxylation sites is 1. The highest BCUT2D eigenvalue weighted by molar-refractivity contribution is 6.10. The van der Waals surface area contributed by atoms with Crippen molar-refractivity contribution in [3.8, 4) is 11.5 Å². The molecule has 12 nitrogen and oxygen atoms in total. The zero-order chi connectivity index (χ0) is 38.0. The number of ketones is 1. The van der Waals surface area contributed by atoms with E-state index in [1.807, 2.05) is 48.8 Å². The second-order valence-electron chi connectivity index (χ2n) is 12.5. The molecule has 6 rings (SSSR count). The van der Waals surface area contributed by atoms with Gasteiger partial charge >= 0.3 is 5.97 Å². The predicted molar refractivity (Wildman–Crippen MR) is 202 cm³/mol. The van der Waals surface area contributed by atoms with E-state index in [0.29, 0.717) is 30.0 Å². The summed E-state index contributed by atoms with van der Waals surface area (Å²) in [5, 5.41) is 2.99. The van der Waals surface area contributed by atoms with E-state index in [0.717, 1.165) is 41.3 Å². The molecule has 0 atom stereocenters. The summed E-state index contributed by atoms with van der Waals surface area (Å²) in [4.78, 5) is 62.9. The number of nitrogens with zero attached hydrogens (tertiary/aromatic N) is 3. The maximum Gasteiger partial charge on any atom is 0.337 e. The van der Waals surface area contributed by atoms with Gasteiger partial charge in [0.1, 0.15) is 17.1 Å². The Hall–Kier alpha value is -6.66. The van der Waals surface area contributed by atoms with Crippen LogP contribution in [0, 0.1) is 0 Å². The van der Waals surface area contributed by atoms with Crippen molar-refractivity contribution in [2.45, 2.75) is 25.9 Å². The van der Waals surface area contributed by atoms with E-state index in [2.05, 4.69) is 20.2 Å². The molecule has 274 valence electrons. The van der Waals surface area contributed by atoms with Crippen LogP contribution < -0.4 is 20.2 Å². The van der Waals surface area contributed by atoms with Crippen LogP contribution in [0.3, 0.4) is 0 Å². The number of esters is 1. The number of rotatable bonds is 15. The molecule has 0 aliphatic heterocycles. The third-order valence-electron chi connectivity index (χ3n) is 8.78. The van der Waals surface area contributed by atoms with Gasteiger partial charge in [-0.2, -0.15) is 0 Å². The quantitative estimate of drug-likeness (QED) is 0.0937. The number of fused-ring (bicyclic) bond motifs is 1. The Morgan fingerprint density at radius 1 is 0.741 bits per heavy atom. The zero-order valence-corrected chi connectivity index (χ0v) is 30.0. The monoisotopic (exact) mass is 726 g/mol. The van der Waals surface area contributed by atoms with E-state index in [1.54, 1.807) is 50.9 Å². The maximum absolute atomic E-state index is 13.7. The van der Waals surface area contributed by atoms with Crippen molar-refractivity contribution in [1.82, 2.24) is 14.9 Å². The average Bonchev–Trinajstić information content (AvgIpc) is 3.20. The molecule has 3 aromatic carbocycles. The van der Waals surface area contributed by atoms with E-state index in [4.69, 9.17) is 18.6 Å². The van der Waals surface area contributed by atoms with Crippen molar-refractivity contribution in [1.29, 1.82) is 0 Å². The van der Waals surface area contributed by atoms with E-state index in [9.17, 15) is 19.2 Å². The number of amides is 1. The number of hydrogen-bond donors (Lipinski definition) is 1. The summed E-state index contributed by atoms with van der Waals surface area (Å²) in [6, 6.07) is 23.7. The fourth-order valence-electron chi connectivity index (χ4n) is 5.98. The Kier molecular flexibility index (Phi) is 11.8. The number of nitrogens with one attached hydrogen (secondary N) is 1. The Bertz CT molecular complexity index is 2310. The molecule has 0 unspecified atom stereocenters. The van der Waals surface area contributed by atoms with Gasteiger partial charge in [0.05, 0.1) is 50.4 Å². The van der Waals surface area contributed by atoms with Crippen LogP contribution in [-0.4, -0.2) is 60.4 Å². The van der Waals surface area contributed by atoms with Crippen molar-refractivity contribution in [2.24, 2.45) is 0 Å². The lowest BCUT2D eigenvalue weighted by atomic mass is 9.98. The number of pyridine rings is 2. The van der Waals surface area contributed by atoms with Gasteiger partial charge in [0.15, 0.2) is 17.0 Å². The van der Waals surface area contributed by atoms with Crippen LogP contribution >= 0.6 is 0 Å². The Morgan fingerprint density at radius 3 is 2.04 bits per heavy atom. The van der Waals surface area contributed by atoms with Crippen LogP contribution in [0.2, 0.25) is 0 Å². The molecule has 0 fully saturated rings. The predicted octanol–water partition coefficient (Wildman–Crippen LogP) is 6.31. The van der Waals surface area contributed by atoms with Crippen molar-refractivity contribution < 1.29 is 33.0 Å². The van der Waals surface area contributed by atoms with Gasteiger partial charge < -0.3 is 23.9 Å². The molecule has 12 heteroatoms. The zero-order valence-electron chi connectivity index (χ0n) is 30.0. The van der Waals surface area contributed by atoms with Crippen molar-refractivity contribution >= 4 is 34.3 Å². The van der Waals surface area contributed by atoms with Crippen molar-refractivity contribution in [3.63, 3.8) is 0 Å². The number of ether oxygens (including phenoxy) is 3. The molecule has 3 heterocycles. The van der Waals surface area contributed by atoms with Gasteiger partial charge in [0.25, 0.3) is 5.91 Å². The van der Waals surface area contributed by atoms with Crippen molar-refractivity contribution in [3.05, 3.63) is 159 Å². The molecule has 1 amide bonds. The Labute approximate surface area is 311 Å². The van der Waals surface area contributed by atoms with Crippen LogP contribution in [0.25, 0.3) is 11.0 Å². The Morgan fingerprint density at radius 2 is 1.39 bits per heavy atom. The fraction of sp³-hybridized carbons (Fsp3) is 0.190. The first kappa shape index (κ1) is 37.1. The number of Topliss-reactive ketones (excluding diaryl/α,β-unsaturated/α-hetero) is 1. The van der Waals surface area contributed by atoms with Gasteiger partial charge in [-0.25, -0.2) is 4.79 Å². The van der Waals surface area contributed by atoms with E-state index in [-0.39, 0.29) is 45.8 Å². The highest BCUT2D eigenvalue weighted by atomic mass is 16.5. The number of carbonyl (C=O) groups excluding carboxylic acids is 3. The second-order valence-corrected chi connectivity index (χ2v) is 12.5. The number of carbonyl (C=O) groups is 3. The first-order chi connectivity index (χ1) is 26.2. The minimum absolute atomic E-state index is 0.0313. The standard InChI is InChI=1S/C42H38N4O8/c1-51-32-16-29(21-43-23-32)25-46(26-30-17-33(52-2)24-44-22-30)15-14-27-8-10-28(11-9-27)18-37(47)34-13-12-31(42(50)53-3)19-36(34)45-41(49)40-20-38(48)35-6-4-5-7-39(35)54-40/h4-13,16-17,19-24H,14-15,18,25-26H2,1-3H3,(H,45,49). The molecule has 0 aliphatic rings. The SMILES string of the molecule is COC(=O)c1ccc(C(=O)Cc2ccc(CCN(Cc3cncc(OC)c3)Cc3cncc(OC)c3)cc2)c(NC(=O)c2cc(=O)c3ccccc3o2)c1. The smallest absolute Gasteiger partial charge is 0.337 e. The second kappa shape index (κ2) is 17.2. The van der Waals surface area contributed by atoms with Gasteiger partial charge in [0.2, 0.25) is 0 Å². The molecular weight excluding hydrogens is 688 g/mol. The van der Waals surface area contributed by atoms with E-state index < -0.39 is 11.9 Å². The summed E-state index contributed by atoms with van der Waals surface area (Å²) < 4.78 is 21.3. The number of benzene rings is 3. The summed E-state index contributed by atoms with van der Waals surface area (Å²) >= 11 is 0. The minimum atomic E-state index is -0.752. The third-order valence-corrected chi connectivity index (χ3v) is 8.78. The molecular formula is C42H38N4O8. The van der Waals surface area contributed by atoms with Crippen LogP contribution in [0.4, 0.5) is 5.69 Å². The number of anilines is 1. The van der Waals surface area contributed by atoms with Crippen LogP contribution in [-0.2, 0) is 30.7 Å². The van der Waals surface area contributed by atoms with Gasteiger partial charge in [0, 0.05) is 50.1 Å². The molecule has 0 saturated carbocycles. The first-order valence-electron chi connectivity index (χ1n) is 17.1. The number of aromatic nitrogens is 2. The lowest BCUT2D eigenvalue weighted by molar-refractivity contribution is 0.0600. The first-order valence-corrected chi connectivity index (χ1v) is 17.1. The van der Waals surface area contributed by atoms with Crippen LogP contribution in [0.1, 0.15) is 53.5 Å². The molecule has 0 aliphatic carbocycles. The van der Waals surface area contributed by atoms with Crippen LogP contribution in [0.15, 0.2) is 119 Å². The molecule has 0 saturated heterocycles. The fourth-order valence-corrected chi connectivity index (χ4v) is 5.98. The van der Waals surface area contributed by atoms with Crippen LogP contribution in [0.5, 0.6) is 11.5 Å².